The number of rotatable bonds is 2. The van der Waals surface area contributed by atoms with E-state index in [1.807, 2.05) is 0 Å². The predicted molar refractivity (Wildman–Crippen MR) is 68.0 cm³/mol. The van der Waals surface area contributed by atoms with Crippen LogP contribution in [0.5, 0.6) is 0 Å². The predicted octanol–water partition coefficient (Wildman–Crippen LogP) is 2.92. The first kappa shape index (κ1) is 11.6. The summed E-state index contributed by atoms with van der Waals surface area (Å²) in [6, 6.07) is 0. The number of carbonyl (C=O) groups excluding carboxylic acids is 1. The highest BCUT2D eigenvalue weighted by molar-refractivity contribution is 7.14. The monoisotopic (exact) mass is 237 g/mol. The molecule has 0 atom stereocenters. The molecule has 2 nitrogen and oxygen atoms in total. The molecule has 1 amide bonds. The number of thiophene rings is 1. The molecule has 0 unspecified atom stereocenters. The number of primary amides is 1. The second-order valence-corrected chi connectivity index (χ2v) is 6.48. The molecule has 16 heavy (non-hydrogen) atoms. The van der Waals surface area contributed by atoms with E-state index in [9.17, 15) is 4.79 Å². The molecule has 1 heterocycles. The average Bonchev–Trinajstić information content (AvgIpc) is 2.54. The Balaban J connectivity index is 2.50. The number of aryl methyl sites for hydroxylation is 1. The highest BCUT2D eigenvalue weighted by atomic mass is 32.1. The Kier molecular flexibility index (Phi) is 2.82. The topological polar surface area (TPSA) is 43.1 Å². The van der Waals surface area contributed by atoms with Crippen molar-refractivity contribution in [2.75, 3.05) is 0 Å². The molecule has 88 valence electrons. The smallest absolute Gasteiger partial charge is 0.259 e. The summed E-state index contributed by atoms with van der Waals surface area (Å²) in [7, 11) is 0. The SMILES string of the molecule is CCc1sc(C(N)=O)c2c1CC(C)(C)CC2. The zero-order valence-electron chi connectivity index (χ0n) is 10.2. The number of hydrogen-bond donors (Lipinski definition) is 1. The van der Waals surface area contributed by atoms with Crippen molar-refractivity contribution in [1.29, 1.82) is 0 Å². The van der Waals surface area contributed by atoms with E-state index in [4.69, 9.17) is 5.73 Å². The third-order valence-corrected chi connectivity index (χ3v) is 4.89. The number of nitrogens with two attached hydrogens (primary N) is 1. The van der Waals surface area contributed by atoms with Crippen LogP contribution >= 0.6 is 11.3 Å². The normalized spacial score (nSPS) is 18.2. The van der Waals surface area contributed by atoms with Gasteiger partial charge in [-0.2, -0.15) is 0 Å². The number of carbonyl (C=O) groups is 1. The highest BCUT2D eigenvalue weighted by Crippen LogP contribution is 2.41. The van der Waals surface area contributed by atoms with Crippen molar-refractivity contribution in [3.8, 4) is 0 Å². The van der Waals surface area contributed by atoms with Crippen LogP contribution in [0.3, 0.4) is 0 Å². The summed E-state index contributed by atoms with van der Waals surface area (Å²) in [6.45, 7) is 6.76. The van der Waals surface area contributed by atoms with Gasteiger partial charge in [-0.05, 0) is 42.2 Å². The second-order valence-electron chi connectivity index (χ2n) is 5.37. The summed E-state index contributed by atoms with van der Waals surface area (Å²) < 4.78 is 0. The van der Waals surface area contributed by atoms with E-state index in [2.05, 4.69) is 20.8 Å². The zero-order chi connectivity index (χ0) is 11.9. The van der Waals surface area contributed by atoms with Crippen LogP contribution in [0.1, 0.15) is 52.9 Å². The number of amides is 1. The summed E-state index contributed by atoms with van der Waals surface area (Å²) >= 11 is 1.61. The Bertz CT molecular complexity index is 431. The maximum absolute atomic E-state index is 11.4. The van der Waals surface area contributed by atoms with Crippen LogP contribution in [0.4, 0.5) is 0 Å². The molecule has 0 fully saturated rings. The minimum atomic E-state index is -0.249. The van der Waals surface area contributed by atoms with Crippen LogP contribution in [-0.4, -0.2) is 5.91 Å². The first-order valence-corrected chi connectivity index (χ1v) is 6.69. The summed E-state index contributed by atoms with van der Waals surface area (Å²) in [5.74, 6) is -0.249. The van der Waals surface area contributed by atoms with E-state index in [0.717, 1.165) is 30.6 Å². The Morgan fingerprint density at radius 3 is 2.69 bits per heavy atom. The molecule has 3 heteroatoms. The summed E-state index contributed by atoms with van der Waals surface area (Å²) in [6.07, 6.45) is 4.27. The third kappa shape index (κ3) is 1.88. The molecule has 1 aromatic heterocycles. The van der Waals surface area contributed by atoms with E-state index in [-0.39, 0.29) is 5.91 Å². The zero-order valence-corrected chi connectivity index (χ0v) is 11.0. The lowest BCUT2D eigenvalue weighted by atomic mass is 9.74. The van der Waals surface area contributed by atoms with Gasteiger partial charge in [-0.25, -0.2) is 0 Å². The molecule has 0 saturated carbocycles. The van der Waals surface area contributed by atoms with Gasteiger partial charge in [0.15, 0.2) is 0 Å². The van der Waals surface area contributed by atoms with E-state index in [1.54, 1.807) is 11.3 Å². The fourth-order valence-electron chi connectivity index (χ4n) is 2.54. The molecule has 0 radical (unpaired) electrons. The average molecular weight is 237 g/mol. The Hall–Kier alpha value is -0.830. The van der Waals surface area contributed by atoms with Crippen molar-refractivity contribution in [2.24, 2.45) is 11.1 Å². The lowest BCUT2D eigenvalue weighted by molar-refractivity contribution is 0.100. The third-order valence-electron chi connectivity index (χ3n) is 3.45. The van der Waals surface area contributed by atoms with E-state index >= 15 is 0 Å². The maximum Gasteiger partial charge on any atom is 0.259 e. The first-order chi connectivity index (χ1) is 7.44. The van der Waals surface area contributed by atoms with Crippen LogP contribution in [0, 0.1) is 5.41 Å². The van der Waals surface area contributed by atoms with Crippen LogP contribution in [-0.2, 0) is 19.3 Å². The van der Waals surface area contributed by atoms with Gasteiger partial charge in [0.2, 0.25) is 0 Å². The van der Waals surface area contributed by atoms with Gasteiger partial charge in [0.25, 0.3) is 5.91 Å². The highest BCUT2D eigenvalue weighted by Gasteiger charge is 2.31. The fourth-order valence-corrected chi connectivity index (χ4v) is 3.69. The van der Waals surface area contributed by atoms with Gasteiger partial charge in [0.05, 0.1) is 4.88 Å². The van der Waals surface area contributed by atoms with Crippen molar-refractivity contribution in [1.82, 2.24) is 0 Å². The molecule has 0 spiro atoms. The second kappa shape index (κ2) is 3.88. The largest absolute Gasteiger partial charge is 0.365 e. The molecule has 1 aromatic rings. The summed E-state index contributed by atoms with van der Waals surface area (Å²) in [5.41, 5.74) is 8.47. The standard InChI is InChI=1S/C13H19NOS/c1-4-10-9-7-13(2,3)6-5-8(9)11(16-10)12(14)15/h4-7H2,1-3H3,(H2,14,15). The molecule has 2 rings (SSSR count). The van der Waals surface area contributed by atoms with Crippen LogP contribution in [0.25, 0.3) is 0 Å². The van der Waals surface area contributed by atoms with Gasteiger partial charge in [-0.15, -0.1) is 11.3 Å². The first-order valence-electron chi connectivity index (χ1n) is 5.88. The lowest BCUT2D eigenvalue weighted by Crippen LogP contribution is -2.23. The van der Waals surface area contributed by atoms with Gasteiger partial charge in [0.1, 0.15) is 0 Å². The molecule has 0 saturated heterocycles. The molecule has 1 aliphatic rings. The van der Waals surface area contributed by atoms with Crippen LogP contribution in [0.15, 0.2) is 0 Å². The van der Waals surface area contributed by atoms with E-state index in [1.165, 1.54) is 16.0 Å². The van der Waals surface area contributed by atoms with Crippen molar-refractivity contribution >= 4 is 17.2 Å². The van der Waals surface area contributed by atoms with Crippen LogP contribution < -0.4 is 5.73 Å². The lowest BCUT2D eigenvalue weighted by Gasteiger charge is -2.30. The fraction of sp³-hybridized carbons (Fsp3) is 0.615. The van der Waals surface area contributed by atoms with Crippen LogP contribution in [0.2, 0.25) is 0 Å². The molecule has 2 N–H and O–H groups in total. The number of fused-ring (bicyclic) bond motifs is 1. The van der Waals surface area contributed by atoms with Gasteiger partial charge in [0, 0.05) is 4.88 Å². The van der Waals surface area contributed by atoms with Crippen molar-refractivity contribution in [3.05, 3.63) is 20.9 Å². The minimum absolute atomic E-state index is 0.249. The Morgan fingerprint density at radius 1 is 1.44 bits per heavy atom. The van der Waals surface area contributed by atoms with Gasteiger partial charge in [-0.1, -0.05) is 20.8 Å². The molecule has 1 aliphatic carbocycles. The minimum Gasteiger partial charge on any atom is -0.365 e. The quantitative estimate of drug-likeness (QED) is 0.844. The van der Waals surface area contributed by atoms with Crippen molar-refractivity contribution in [3.63, 3.8) is 0 Å². The summed E-state index contributed by atoms with van der Waals surface area (Å²) in [4.78, 5) is 13.6. The summed E-state index contributed by atoms with van der Waals surface area (Å²) in [5, 5.41) is 0. The van der Waals surface area contributed by atoms with Gasteiger partial charge in [-0.3, -0.25) is 4.79 Å². The maximum atomic E-state index is 11.4. The van der Waals surface area contributed by atoms with Gasteiger partial charge < -0.3 is 5.73 Å². The number of hydrogen-bond acceptors (Lipinski definition) is 2. The Morgan fingerprint density at radius 2 is 2.12 bits per heavy atom. The van der Waals surface area contributed by atoms with Gasteiger partial charge >= 0.3 is 0 Å². The van der Waals surface area contributed by atoms with E-state index < -0.39 is 0 Å². The Labute approximate surface area is 101 Å². The molecular weight excluding hydrogens is 218 g/mol. The van der Waals surface area contributed by atoms with Crippen molar-refractivity contribution < 1.29 is 4.79 Å². The molecule has 0 aliphatic heterocycles. The van der Waals surface area contributed by atoms with Crippen molar-refractivity contribution in [2.45, 2.75) is 46.5 Å². The van der Waals surface area contributed by atoms with E-state index in [0.29, 0.717) is 5.41 Å². The molecule has 0 bridgehead atoms. The molecular formula is C13H19NOS. The molecule has 0 aromatic carbocycles.